The van der Waals surface area contributed by atoms with Crippen LogP contribution in [0.15, 0.2) is 59.5 Å². The Morgan fingerprint density at radius 3 is 2.25 bits per heavy atom. The molecule has 1 fully saturated rings. The van der Waals surface area contributed by atoms with Crippen LogP contribution >= 0.6 is 12.4 Å². The van der Waals surface area contributed by atoms with Crippen LogP contribution in [-0.2, 0) is 10.0 Å². The van der Waals surface area contributed by atoms with E-state index >= 15 is 0 Å². The first-order valence-electron chi connectivity index (χ1n) is 7.47. The zero-order valence-electron chi connectivity index (χ0n) is 13.3. The van der Waals surface area contributed by atoms with Crippen molar-refractivity contribution in [1.29, 1.82) is 0 Å². The summed E-state index contributed by atoms with van der Waals surface area (Å²) in [6.45, 7) is 0.730. The maximum atomic E-state index is 12.8. The molecular weight excluding hydrogens is 348 g/mol. The second-order valence-electron chi connectivity index (χ2n) is 5.68. The van der Waals surface area contributed by atoms with Gasteiger partial charge in [0.2, 0.25) is 10.0 Å². The van der Waals surface area contributed by atoms with Crippen molar-refractivity contribution in [2.45, 2.75) is 16.9 Å². The summed E-state index contributed by atoms with van der Waals surface area (Å²) in [6, 6.07) is 16.1. The number of halogens is 1. The van der Waals surface area contributed by atoms with Crippen LogP contribution in [0.3, 0.4) is 0 Å². The fraction of sp³-hybridized carbons (Fsp3) is 0.294. The summed E-state index contributed by atoms with van der Waals surface area (Å²) >= 11 is 0. The molecule has 2 aromatic rings. The average molecular weight is 369 g/mol. The summed E-state index contributed by atoms with van der Waals surface area (Å²) in [5.41, 5.74) is 7.27. The molecule has 2 aromatic carbocycles. The molecule has 2 N–H and O–H groups in total. The lowest BCUT2D eigenvalue weighted by Gasteiger charge is -2.17. The van der Waals surface area contributed by atoms with E-state index in [1.807, 2.05) is 30.3 Å². The van der Waals surface area contributed by atoms with Crippen molar-refractivity contribution in [1.82, 2.24) is 4.31 Å². The Hall–Kier alpha value is -1.60. The molecule has 0 amide bonds. The van der Waals surface area contributed by atoms with Crippen molar-refractivity contribution in [2.24, 2.45) is 5.73 Å². The van der Waals surface area contributed by atoms with E-state index in [9.17, 15) is 8.42 Å². The van der Waals surface area contributed by atoms with Crippen molar-refractivity contribution >= 4 is 22.4 Å². The van der Waals surface area contributed by atoms with Crippen LogP contribution in [0.25, 0.3) is 0 Å². The largest absolute Gasteiger partial charge is 0.497 e. The lowest BCUT2D eigenvalue weighted by molar-refractivity contribution is 0.414. The standard InChI is InChI=1S/C17H20N2O3S.ClH/c1-22-14-7-9-15(10-8-14)23(20,21)19-11-16(17(18)12-19)13-5-3-2-4-6-13;/h2-10,16-17H,11-12,18H2,1H3;1H/t16-,17+;/m0./s1. The Morgan fingerprint density at radius 2 is 1.67 bits per heavy atom. The fourth-order valence-electron chi connectivity index (χ4n) is 2.94. The number of benzene rings is 2. The lowest BCUT2D eigenvalue weighted by Crippen LogP contribution is -2.32. The van der Waals surface area contributed by atoms with Gasteiger partial charge in [0.1, 0.15) is 5.75 Å². The van der Waals surface area contributed by atoms with Crippen molar-refractivity contribution in [3.63, 3.8) is 0 Å². The quantitative estimate of drug-likeness (QED) is 0.898. The molecule has 0 spiro atoms. The van der Waals surface area contributed by atoms with Crippen LogP contribution in [0.1, 0.15) is 11.5 Å². The van der Waals surface area contributed by atoms with Gasteiger partial charge in [-0.3, -0.25) is 0 Å². The number of nitrogens with two attached hydrogens (primary N) is 1. The molecule has 1 saturated heterocycles. The number of nitrogens with zero attached hydrogens (tertiary/aromatic N) is 1. The average Bonchev–Trinajstić information content (AvgIpc) is 2.98. The third-order valence-corrected chi connectivity index (χ3v) is 6.10. The Morgan fingerprint density at radius 1 is 1.04 bits per heavy atom. The van der Waals surface area contributed by atoms with Crippen LogP contribution in [0.5, 0.6) is 5.75 Å². The lowest BCUT2D eigenvalue weighted by atomic mass is 9.95. The molecule has 0 aromatic heterocycles. The molecule has 5 nitrogen and oxygen atoms in total. The van der Waals surface area contributed by atoms with Crippen molar-refractivity contribution < 1.29 is 13.2 Å². The molecule has 0 aliphatic carbocycles. The molecule has 0 bridgehead atoms. The molecular formula is C17H21ClN2O3S. The van der Waals surface area contributed by atoms with E-state index in [1.54, 1.807) is 31.4 Å². The summed E-state index contributed by atoms with van der Waals surface area (Å²) in [7, 11) is -1.99. The number of ether oxygens (including phenoxy) is 1. The molecule has 24 heavy (non-hydrogen) atoms. The first-order valence-corrected chi connectivity index (χ1v) is 8.91. The number of hydrogen-bond acceptors (Lipinski definition) is 4. The molecule has 3 rings (SSSR count). The zero-order chi connectivity index (χ0) is 16.4. The van der Waals surface area contributed by atoms with E-state index in [-0.39, 0.29) is 29.3 Å². The van der Waals surface area contributed by atoms with Gasteiger partial charge in [0, 0.05) is 25.0 Å². The van der Waals surface area contributed by atoms with Gasteiger partial charge < -0.3 is 10.5 Å². The summed E-state index contributed by atoms with van der Waals surface area (Å²) in [5.74, 6) is 0.647. The highest BCUT2D eigenvalue weighted by molar-refractivity contribution is 7.89. The molecule has 1 aliphatic rings. The van der Waals surface area contributed by atoms with Gasteiger partial charge in [0.05, 0.1) is 12.0 Å². The summed E-state index contributed by atoms with van der Waals surface area (Å²) < 4.78 is 32.1. The summed E-state index contributed by atoms with van der Waals surface area (Å²) in [4.78, 5) is 0.263. The van der Waals surface area contributed by atoms with Crippen LogP contribution in [0.2, 0.25) is 0 Å². The van der Waals surface area contributed by atoms with Crippen molar-refractivity contribution in [3.8, 4) is 5.75 Å². The second kappa shape index (κ2) is 7.53. The minimum Gasteiger partial charge on any atom is -0.497 e. The normalized spacial score (nSPS) is 21.2. The topological polar surface area (TPSA) is 72.6 Å². The van der Waals surface area contributed by atoms with Gasteiger partial charge in [-0.15, -0.1) is 12.4 Å². The SMILES string of the molecule is COc1ccc(S(=O)(=O)N2C[C@@H](N)[C@H](c3ccccc3)C2)cc1.Cl. The second-order valence-corrected chi connectivity index (χ2v) is 7.62. The Labute approximate surface area is 148 Å². The van der Waals surface area contributed by atoms with E-state index in [0.29, 0.717) is 18.8 Å². The van der Waals surface area contributed by atoms with E-state index in [2.05, 4.69) is 0 Å². The third kappa shape index (κ3) is 3.57. The minimum absolute atomic E-state index is 0. The third-order valence-electron chi connectivity index (χ3n) is 4.26. The Kier molecular flexibility index (Phi) is 5.87. The number of rotatable bonds is 4. The molecule has 0 unspecified atom stereocenters. The van der Waals surface area contributed by atoms with Gasteiger partial charge >= 0.3 is 0 Å². The van der Waals surface area contributed by atoms with Crippen LogP contribution in [-0.4, -0.2) is 39.0 Å². The molecule has 7 heteroatoms. The van der Waals surface area contributed by atoms with E-state index in [0.717, 1.165) is 5.56 Å². The van der Waals surface area contributed by atoms with E-state index < -0.39 is 10.0 Å². The van der Waals surface area contributed by atoms with Gasteiger partial charge in [-0.2, -0.15) is 4.31 Å². The first kappa shape index (κ1) is 18.7. The van der Waals surface area contributed by atoms with Gasteiger partial charge in [0.15, 0.2) is 0 Å². The molecule has 0 radical (unpaired) electrons. The van der Waals surface area contributed by atoms with Gasteiger partial charge in [-0.25, -0.2) is 8.42 Å². The Bertz CT molecular complexity index is 766. The molecule has 130 valence electrons. The predicted molar refractivity (Wildman–Crippen MR) is 96.2 cm³/mol. The Balaban J connectivity index is 0.00000208. The maximum Gasteiger partial charge on any atom is 0.243 e. The summed E-state index contributed by atoms with van der Waals surface area (Å²) in [6.07, 6.45) is 0. The zero-order valence-corrected chi connectivity index (χ0v) is 15.0. The van der Waals surface area contributed by atoms with Crippen LogP contribution < -0.4 is 10.5 Å². The van der Waals surface area contributed by atoms with E-state index in [4.69, 9.17) is 10.5 Å². The van der Waals surface area contributed by atoms with Gasteiger partial charge in [0.25, 0.3) is 0 Å². The van der Waals surface area contributed by atoms with Crippen molar-refractivity contribution in [3.05, 3.63) is 60.2 Å². The highest BCUT2D eigenvalue weighted by Gasteiger charge is 2.38. The minimum atomic E-state index is -3.54. The first-order chi connectivity index (χ1) is 11.0. The fourth-order valence-corrected chi connectivity index (χ4v) is 4.44. The molecule has 1 aliphatic heterocycles. The molecule has 1 heterocycles. The van der Waals surface area contributed by atoms with Crippen LogP contribution in [0, 0.1) is 0 Å². The number of hydrogen-bond donors (Lipinski definition) is 1. The van der Waals surface area contributed by atoms with Crippen LogP contribution in [0.4, 0.5) is 0 Å². The highest BCUT2D eigenvalue weighted by Crippen LogP contribution is 2.30. The van der Waals surface area contributed by atoms with E-state index in [1.165, 1.54) is 4.31 Å². The maximum absolute atomic E-state index is 12.8. The van der Waals surface area contributed by atoms with Gasteiger partial charge in [-0.05, 0) is 29.8 Å². The summed E-state index contributed by atoms with van der Waals surface area (Å²) in [5, 5.41) is 0. The number of sulfonamides is 1. The van der Waals surface area contributed by atoms with Crippen molar-refractivity contribution in [2.75, 3.05) is 20.2 Å². The number of methoxy groups -OCH3 is 1. The molecule has 0 saturated carbocycles. The molecule has 2 atom stereocenters. The highest BCUT2D eigenvalue weighted by atomic mass is 35.5. The smallest absolute Gasteiger partial charge is 0.243 e. The predicted octanol–water partition coefficient (Wildman–Crippen LogP) is 2.23. The van der Waals surface area contributed by atoms with Gasteiger partial charge in [-0.1, -0.05) is 30.3 Å². The monoisotopic (exact) mass is 368 g/mol.